The Balaban J connectivity index is 0.000000437. The van der Waals surface area contributed by atoms with Crippen LogP contribution >= 0.6 is 0 Å². The van der Waals surface area contributed by atoms with Crippen LogP contribution < -0.4 is 0 Å². The molecule has 1 heterocycles. The monoisotopic (exact) mass is 230 g/mol. The summed E-state index contributed by atoms with van der Waals surface area (Å²) in [6, 6.07) is 8.08. The lowest BCUT2D eigenvalue weighted by atomic mass is 10.1. The number of nitrogens with zero attached hydrogens (tertiary/aromatic N) is 2. The zero-order chi connectivity index (χ0) is 12.7. The van der Waals surface area contributed by atoms with Crippen molar-refractivity contribution in [3.63, 3.8) is 0 Å². The van der Waals surface area contributed by atoms with Crippen molar-refractivity contribution in [2.45, 2.75) is 40.5 Å². The summed E-state index contributed by atoms with van der Waals surface area (Å²) >= 11 is 0. The normalized spacial score (nSPS) is 10.2. The molecule has 0 aliphatic rings. The molecule has 1 aromatic heterocycles. The first-order chi connectivity index (χ1) is 8.17. The van der Waals surface area contributed by atoms with Crippen molar-refractivity contribution in [3.05, 3.63) is 36.3 Å². The van der Waals surface area contributed by atoms with Gasteiger partial charge in [-0.2, -0.15) is 0 Å². The smallest absolute Gasteiger partial charge is 0.129 e. The van der Waals surface area contributed by atoms with Gasteiger partial charge in [-0.3, -0.25) is 0 Å². The van der Waals surface area contributed by atoms with E-state index in [1.165, 1.54) is 6.42 Å². The average Bonchev–Trinajstić information content (AvgIpc) is 2.29. The summed E-state index contributed by atoms with van der Waals surface area (Å²) in [6.07, 6.45) is 4.10. The summed E-state index contributed by atoms with van der Waals surface area (Å²) in [5, 5.41) is 1.11. The van der Waals surface area contributed by atoms with Crippen molar-refractivity contribution in [2.24, 2.45) is 5.92 Å². The number of aromatic nitrogens is 2. The van der Waals surface area contributed by atoms with E-state index >= 15 is 0 Å². The molecule has 0 atom stereocenters. The van der Waals surface area contributed by atoms with E-state index in [1.807, 2.05) is 30.5 Å². The molecule has 0 unspecified atom stereocenters. The first kappa shape index (κ1) is 13.6. The minimum Gasteiger partial charge on any atom is -0.241 e. The molecule has 0 radical (unpaired) electrons. The lowest BCUT2D eigenvalue weighted by molar-refractivity contribution is 0.623. The molecule has 0 aliphatic heterocycles. The molecule has 2 heteroatoms. The highest BCUT2D eigenvalue weighted by molar-refractivity contribution is 5.77. The third-order valence-corrected chi connectivity index (χ3v) is 2.13. The minimum atomic E-state index is 0.608. The molecule has 92 valence electrons. The topological polar surface area (TPSA) is 25.8 Å². The molecule has 2 rings (SSSR count). The highest BCUT2D eigenvalue weighted by atomic mass is 14.9. The van der Waals surface area contributed by atoms with Crippen LogP contribution in [0.1, 0.15) is 39.9 Å². The van der Waals surface area contributed by atoms with Crippen LogP contribution in [0.15, 0.2) is 30.5 Å². The Morgan fingerprint density at radius 2 is 1.76 bits per heavy atom. The van der Waals surface area contributed by atoms with E-state index in [4.69, 9.17) is 0 Å². The van der Waals surface area contributed by atoms with Gasteiger partial charge in [0.1, 0.15) is 5.82 Å². The molecule has 0 aliphatic carbocycles. The highest BCUT2D eigenvalue weighted by Crippen LogP contribution is 2.11. The van der Waals surface area contributed by atoms with Gasteiger partial charge in [0.25, 0.3) is 0 Å². The van der Waals surface area contributed by atoms with E-state index in [-0.39, 0.29) is 0 Å². The molecule has 0 spiro atoms. The van der Waals surface area contributed by atoms with Gasteiger partial charge in [-0.15, -0.1) is 0 Å². The first-order valence-electron chi connectivity index (χ1n) is 6.38. The van der Waals surface area contributed by atoms with Crippen molar-refractivity contribution in [2.75, 3.05) is 0 Å². The quantitative estimate of drug-likeness (QED) is 0.771. The second-order valence-electron chi connectivity index (χ2n) is 4.65. The first-order valence-corrected chi connectivity index (χ1v) is 6.38. The van der Waals surface area contributed by atoms with Gasteiger partial charge in [-0.05, 0) is 12.0 Å². The summed E-state index contributed by atoms with van der Waals surface area (Å²) in [5.41, 5.74) is 1.04. The second-order valence-corrected chi connectivity index (χ2v) is 4.65. The number of hydrogen-bond acceptors (Lipinski definition) is 2. The van der Waals surface area contributed by atoms with Crippen LogP contribution in [0, 0.1) is 5.92 Å². The molecule has 0 amide bonds. The Kier molecular flexibility index (Phi) is 5.61. The summed E-state index contributed by atoms with van der Waals surface area (Å²) in [4.78, 5) is 8.84. The number of hydrogen-bond donors (Lipinski definition) is 0. The highest BCUT2D eigenvalue weighted by Gasteiger charge is 2.01. The molecule has 2 aromatic rings. The minimum absolute atomic E-state index is 0.608. The number of benzene rings is 1. The number of rotatable bonds is 2. The fourth-order valence-electron chi connectivity index (χ4n) is 1.47. The molecule has 0 N–H and O–H groups in total. The van der Waals surface area contributed by atoms with Gasteiger partial charge in [-0.25, -0.2) is 9.97 Å². The maximum atomic E-state index is 4.50. The molecule has 2 nitrogen and oxygen atoms in total. The summed E-state index contributed by atoms with van der Waals surface area (Å²) < 4.78 is 0. The largest absolute Gasteiger partial charge is 0.241 e. The van der Waals surface area contributed by atoms with Crippen LogP contribution in [0.25, 0.3) is 10.9 Å². The zero-order valence-electron chi connectivity index (χ0n) is 11.3. The standard InChI is InChI=1S/C12H14N2.C3H8/c1-9(2)7-12-13-8-10-5-3-4-6-11(10)14-12;1-3-2/h3-6,8-9H,7H2,1-2H3;3H2,1-2H3. The number of para-hydroxylation sites is 1. The van der Waals surface area contributed by atoms with Gasteiger partial charge in [0.05, 0.1) is 5.52 Å². The third kappa shape index (κ3) is 4.51. The van der Waals surface area contributed by atoms with Crippen molar-refractivity contribution in [3.8, 4) is 0 Å². The van der Waals surface area contributed by atoms with Crippen LogP contribution in [0.5, 0.6) is 0 Å². The van der Waals surface area contributed by atoms with Crippen molar-refractivity contribution in [1.82, 2.24) is 9.97 Å². The van der Waals surface area contributed by atoms with Crippen LogP contribution in [-0.2, 0) is 6.42 Å². The van der Waals surface area contributed by atoms with Crippen LogP contribution in [0.3, 0.4) is 0 Å². The SMILES string of the molecule is CC(C)Cc1ncc2ccccc2n1.CCC. The predicted molar refractivity (Wildman–Crippen MR) is 74.0 cm³/mol. The van der Waals surface area contributed by atoms with E-state index in [0.717, 1.165) is 23.1 Å². The number of fused-ring (bicyclic) bond motifs is 1. The maximum absolute atomic E-state index is 4.50. The van der Waals surface area contributed by atoms with Crippen molar-refractivity contribution >= 4 is 10.9 Å². The zero-order valence-corrected chi connectivity index (χ0v) is 11.3. The van der Waals surface area contributed by atoms with Crippen LogP contribution in [-0.4, -0.2) is 9.97 Å². The average molecular weight is 230 g/mol. The summed E-state index contributed by atoms with van der Waals surface area (Å²) in [7, 11) is 0. The molecule has 0 saturated heterocycles. The van der Waals surface area contributed by atoms with E-state index in [9.17, 15) is 0 Å². The molecule has 17 heavy (non-hydrogen) atoms. The predicted octanol–water partition coefficient (Wildman–Crippen LogP) is 4.24. The van der Waals surface area contributed by atoms with Gasteiger partial charge >= 0.3 is 0 Å². The molecule has 0 bridgehead atoms. The Labute approximate surface area is 104 Å². The van der Waals surface area contributed by atoms with Gasteiger partial charge in [-0.1, -0.05) is 52.3 Å². The lowest BCUT2D eigenvalue weighted by Gasteiger charge is -2.03. The Morgan fingerprint density at radius 1 is 1.12 bits per heavy atom. The lowest BCUT2D eigenvalue weighted by Crippen LogP contribution is -2.00. The Hall–Kier alpha value is -1.44. The Bertz CT molecular complexity index is 449. The van der Waals surface area contributed by atoms with E-state index in [0.29, 0.717) is 5.92 Å². The van der Waals surface area contributed by atoms with Gasteiger partial charge < -0.3 is 0 Å². The molecule has 1 aromatic carbocycles. The van der Waals surface area contributed by atoms with E-state index in [1.54, 1.807) is 0 Å². The molecule has 0 saturated carbocycles. The van der Waals surface area contributed by atoms with Crippen LogP contribution in [0.2, 0.25) is 0 Å². The van der Waals surface area contributed by atoms with Crippen molar-refractivity contribution < 1.29 is 0 Å². The molecule has 0 fully saturated rings. The fraction of sp³-hybridized carbons (Fsp3) is 0.467. The summed E-state index contributed by atoms with van der Waals surface area (Å²) in [5.74, 6) is 1.55. The van der Waals surface area contributed by atoms with Crippen LogP contribution in [0.4, 0.5) is 0 Å². The van der Waals surface area contributed by atoms with Gasteiger partial charge in [0.2, 0.25) is 0 Å². The summed E-state index contributed by atoms with van der Waals surface area (Å²) in [6.45, 7) is 8.61. The van der Waals surface area contributed by atoms with E-state index < -0.39 is 0 Å². The van der Waals surface area contributed by atoms with E-state index in [2.05, 4.69) is 37.7 Å². The molecular weight excluding hydrogens is 208 g/mol. The van der Waals surface area contributed by atoms with Crippen molar-refractivity contribution in [1.29, 1.82) is 0 Å². The van der Waals surface area contributed by atoms with Gasteiger partial charge in [0.15, 0.2) is 0 Å². The second kappa shape index (κ2) is 7.00. The third-order valence-electron chi connectivity index (χ3n) is 2.13. The molecular formula is C15H22N2. The maximum Gasteiger partial charge on any atom is 0.129 e. The van der Waals surface area contributed by atoms with Gasteiger partial charge in [0, 0.05) is 18.0 Å². The Morgan fingerprint density at radius 3 is 2.41 bits per heavy atom. The fourth-order valence-corrected chi connectivity index (χ4v) is 1.47.